The maximum Gasteiger partial charge on any atom is 0.109 e. The zero-order valence-corrected chi connectivity index (χ0v) is 10.2. The van der Waals surface area contributed by atoms with Gasteiger partial charge >= 0.3 is 0 Å². The summed E-state index contributed by atoms with van der Waals surface area (Å²) in [6, 6.07) is 0.446. The monoisotopic (exact) mass is 211 g/mol. The fraction of sp³-hybridized carbons (Fsp3) is 0.846. The van der Waals surface area contributed by atoms with Crippen LogP contribution in [0.1, 0.15) is 51.9 Å². The highest BCUT2D eigenvalue weighted by Crippen LogP contribution is 2.17. The number of hydrogen-bond donors (Lipinski definition) is 1. The van der Waals surface area contributed by atoms with Crippen molar-refractivity contribution in [1.82, 2.24) is 5.32 Å². The molecule has 1 aliphatic heterocycles. The summed E-state index contributed by atoms with van der Waals surface area (Å²) in [5.41, 5.74) is 0. The van der Waals surface area contributed by atoms with Crippen molar-refractivity contribution in [3.05, 3.63) is 11.8 Å². The highest BCUT2D eigenvalue weighted by Gasteiger charge is 2.15. The fourth-order valence-corrected chi connectivity index (χ4v) is 2.02. The highest BCUT2D eigenvalue weighted by atomic mass is 16.5. The second-order valence-electron chi connectivity index (χ2n) is 4.29. The van der Waals surface area contributed by atoms with Crippen LogP contribution >= 0.6 is 0 Å². The molecular weight excluding hydrogens is 186 g/mol. The maximum atomic E-state index is 5.69. The van der Waals surface area contributed by atoms with Gasteiger partial charge in [0.25, 0.3) is 0 Å². The minimum atomic E-state index is 0.446. The van der Waals surface area contributed by atoms with Crippen molar-refractivity contribution in [2.24, 2.45) is 0 Å². The van der Waals surface area contributed by atoms with Crippen LogP contribution in [0.2, 0.25) is 0 Å². The Bertz CT molecular complexity index is 189. The Balaban J connectivity index is 2.25. The Morgan fingerprint density at radius 1 is 1.40 bits per heavy atom. The van der Waals surface area contributed by atoms with Gasteiger partial charge in [0, 0.05) is 0 Å². The quantitative estimate of drug-likeness (QED) is 0.653. The van der Waals surface area contributed by atoms with Gasteiger partial charge in [0.05, 0.1) is 12.6 Å². The molecular formula is C13H25NO. The van der Waals surface area contributed by atoms with Gasteiger partial charge in [-0.05, 0) is 32.4 Å². The lowest BCUT2D eigenvalue weighted by Gasteiger charge is -2.23. The molecule has 2 heteroatoms. The van der Waals surface area contributed by atoms with Gasteiger partial charge in [0.1, 0.15) is 5.76 Å². The van der Waals surface area contributed by atoms with E-state index in [2.05, 4.69) is 18.3 Å². The second kappa shape index (κ2) is 7.75. The number of hydrogen-bond acceptors (Lipinski definition) is 2. The molecule has 0 bridgehead atoms. The number of rotatable bonds is 7. The van der Waals surface area contributed by atoms with Crippen molar-refractivity contribution in [3.8, 4) is 0 Å². The first kappa shape index (κ1) is 12.6. The van der Waals surface area contributed by atoms with E-state index in [0.717, 1.165) is 6.61 Å². The van der Waals surface area contributed by atoms with E-state index < -0.39 is 0 Å². The molecule has 0 saturated carbocycles. The third-order valence-corrected chi connectivity index (χ3v) is 3.00. The Kier molecular flexibility index (Phi) is 6.49. The summed E-state index contributed by atoms with van der Waals surface area (Å²) in [6.07, 6.45) is 11.1. The summed E-state index contributed by atoms with van der Waals surface area (Å²) in [6.45, 7) is 3.15. The van der Waals surface area contributed by atoms with Gasteiger partial charge in [-0.3, -0.25) is 0 Å². The van der Waals surface area contributed by atoms with E-state index in [4.69, 9.17) is 4.74 Å². The molecule has 2 nitrogen and oxygen atoms in total. The van der Waals surface area contributed by atoms with E-state index in [9.17, 15) is 0 Å². The molecule has 0 radical (unpaired) electrons. The van der Waals surface area contributed by atoms with Gasteiger partial charge in [-0.2, -0.15) is 0 Å². The third kappa shape index (κ3) is 4.70. The molecule has 0 aliphatic carbocycles. The second-order valence-corrected chi connectivity index (χ2v) is 4.29. The molecule has 0 aromatic carbocycles. The first-order valence-electron chi connectivity index (χ1n) is 6.38. The molecule has 1 rings (SSSR count). The lowest BCUT2D eigenvalue weighted by molar-refractivity contribution is 0.166. The number of likely N-dealkylation sites (N-methyl/N-ethyl adjacent to an activating group) is 1. The average molecular weight is 211 g/mol. The van der Waals surface area contributed by atoms with Gasteiger partial charge in [-0.25, -0.2) is 0 Å². The van der Waals surface area contributed by atoms with Crippen LogP contribution in [-0.4, -0.2) is 19.7 Å². The largest absolute Gasteiger partial charge is 0.497 e. The zero-order chi connectivity index (χ0) is 10.9. The number of allylic oxidation sites excluding steroid dienone is 1. The molecule has 0 saturated heterocycles. The van der Waals surface area contributed by atoms with Gasteiger partial charge in [-0.1, -0.05) is 32.6 Å². The smallest absolute Gasteiger partial charge is 0.109 e. The SMILES string of the molecule is CCCCCCC(NC)C1=CCCCO1. The summed E-state index contributed by atoms with van der Waals surface area (Å²) >= 11 is 0. The van der Waals surface area contributed by atoms with Crippen molar-refractivity contribution in [2.45, 2.75) is 57.9 Å². The zero-order valence-electron chi connectivity index (χ0n) is 10.2. The number of nitrogens with one attached hydrogen (secondary N) is 1. The molecule has 1 N–H and O–H groups in total. The first-order valence-corrected chi connectivity index (χ1v) is 6.38. The fourth-order valence-electron chi connectivity index (χ4n) is 2.02. The van der Waals surface area contributed by atoms with E-state index in [1.807, 2.05) is 7.05 Å². The van der Waals surface area contributed by atoms with E-state index in [1.54, 1.807) is 0 Å². The van der Waals surface area contributed by atoms with Gasteiger partial charge in [0.2, 0.25) is 0 Å². The topological polar surface area (TPSA) is 21.3 Å². The number of ether oxygens (including phenoxy) is 1. The Labute approximate surface area is 94.1 Å². The van der Waals surface area contributed by atoms with E-state index in [-0.39, 0.29) is 0 Å². The van der Waals surface area contributed by atoms with Gasteiger partial charge in [0.15, 0.2) is 0 Å². The lowest BCUT2D eigenvalue weighted by Crippen LogP contribution is -2.29. The van der Waals surface area contributed by atoms with Crippen molar-refractivity contribution in [1.29, 1.82) is 0 Å². The molecule has 0 aromatic rings. The molecule has 0 amide bonds. The van der Waals surface area contributed by atoms with Crippen LogP contribution in [0.4, 0.5) is 0 Å². The molecule has 1 heterocycles. The molecule has 0 fully saturated rings. The van der Waals surface area contributed by atoms with E-state index in [0.29, 0.717) is 6.04 Å². The van der Waals surface area contributed by atoms with Crippen LogP contribution in [0, 0.1) is 0 Å². The minimum Gasteiger partial charge on any atom is -0.497 e. The highest BCUT2D eigenvalue weighted by molar-refractivity contribution is 5.04. The lowest BCUT2D eigenvalue weighted by atomic mass is 10.0. The van der Waals surface area contributed by atoms with Gasteiger partial charge < -0.3 is 10.1 Å². The maximum absolute atomic E-state index is 5.69. The Hall–Kier alpha value is -0.500. The van der Waals surface area contributed by atoms with Crippen molar-refractivity contribution in [2.75, 3.05) is 13.7 Å². The van der Waals surface area contributed by atoms with Crippen LogP contribution in [-0.2, 0) is 4.74 Å². The summed E-state index contributed by atoms with van der Waals surface area (Å²) < 4.78 is 5.69. The van der Waals surface area contributed by atoms with Crippen LogP contribution in [0.5, 0.6) is 0 Å². The Morgan fingerprint density at radius 2 is 2.27 bits per heavy atom. The molecule has 1 unspecified atom stereocenters. The van der Waals surface area contributed by atoms with Crippen LogP contribution in [0.25, 0.3) is 0 Å². The summed E-state index contributed by atoms with van der Waals surface area (Å²) in [4.78, 5) is 0. The molecule has 0 aromatic heterocycles. The minimum absolute atomic E-state index is 0.446. The van der Waals surface area contributed by atoms with Crippen LogP contribution < -0.4 is 5.32 Å². The molecule has 15 heavy (non-hydrogen) atoms. The first-order chi connectivity index (χ1) is 7.38. The van der Waals surface area contributed by atoms with Gasteiger partial charge in [-0.15, -0.1) is 0 Å². The molecule has 88 valence electrons. The normalized spacial score (nSPS) is 18.1. The molecule has 0 spiro atoms. The van der Waals surface area contributed by atoms with Crippen molar-refractivity contribution < 1.29 is 4.74 Å². The Morgan fingerprint density at radius 3 is 2.87 bits per heavy atom. The molecule has 1 aliphatic rings. The van der Waals surface area contributed by atoms with Crippen LogP contribution in [0.3, 0.4) is 0 Å². The predicted molar refractivity (Wildman–Crippen MR) is 64.9 cm³/mol. The summed E-state index contributed by atoms with van der Waals surface area (Å²) in [5.74, 6) is 1.18. The summed E-state index contributed by atoms with van der Waals surface area (Å²) in [7, 11) is 2.03. The third-order valence-electron chi connectivity index (χ3n) is 3.00. The average Bonchev–Trinajstić information content (AvgIpc) is 2.30. The number of unbranched alkanes of at least 4 members (excludes halogenated alkanes) is 3. The standard InChI is InChI=1S/C13H25NO/c1-3-4-5-6-9-12(14-2)13-10-7-8-11-15-13/h10,12,14H,3-9,11H2,1-2H3. The summed E-state index contributed by atoms with van der Waals surface area (Å²) in [5, 5.41) is 3.36. The molecule has 1 atom stereocenters. The van der Waals surface area contributed by atoms with Crippen molar-refractivity contribution in [3.63, 3.8) is 0 Å². The predicted octanol–water partition coefficient (Wildman–Crippen LogP) is 3.24. The van der Waals surface area contributed by atoms with E-state index in [1.165, 1.54) is 50.7 Å². The van der Waals surface area contributed by atoms with Crippen molar-refractivity contribution >= 4 is 0 Å². The van der Waals surface area contributed by atoms with E-state index >= 15 is 0 Å². The van der Waals surface area contributed by atoms with Crippen LogP contribution in [0.15, 0.2) is 11.8 Å².